The molecule has 104 valence electrons. The highest BCUT2D eigenvalue weighted by Gasteiger charge is 2.29. The van der Waals surface area contributed by atoms with E-state index in [9.17, 15) is 0 Å². The van der Waals surface area contributed by atoms with Crippen LogP contribution in [0, 0.1) is 0 Å². The van der Waals surface area contributed by atoms with Crippen molar-refractivity contribution in [3.63, 3.8) is 0 Å². The Morgan fingerprint density at radius 2 is 2.32 bits per heavy atom. The fraction of sp³-hybridized carbons (Fsp3) is 0.500. The maximum absolute atomic E-state index is 5.94. The predicted octanol–water partition coefficient (Wildman–Crippen LogP) is 2.71. The van der Waals surface area contributed by atoms with E-state index in [0.29, 0.717) is 5.96 Å². The van der Waals surface area contributed by atoms with Crippen LogP contribution in [0.25, 0.3) is 0 Å². The van der Waals surface area contributed by atoms with Crippen molar-refractivity contribution in [2.45, 2.75) is 24.5 Å². The molecule has 0 aromatic heterocycles. The summed E-state index contributed by atoms with van der Waals surface area (Å²) >= 11 is 1.99. The first-order valence-electron chi connectivity index (χ1n) is 6.47. The number of hydrogen-bond acceptors (Lipinski definition) is 3. The van der Waals surface area contributed by atoms with E-state index < -0.39 is 0 Å². The lowest BCUT2D eigenvalue weighted by atomic mass is 10.1. The van der Waals surface area contributed by atoms with Gasteiger partial charge in [-0.05, 0) is 37.7 Å². The van der Waals surface area contributed by atoms with E-state index in [1.54, 1.807) is 7.11 Å². The zero-order valence-electron chi connectivity index (χ0n) is 11.5. The van der Waals surface area contributed by atoms with Gasteiger partial charge in [0.1, 0.15) is 5.75 Å². The maximum atomic E-state index is 5.94. The third-order valence-corrected chi connectivity index (χ3v) is 4.78. The van der Waals surface area contributed by atoms with E-state index in [0.717, 1.165) is 18.0 Å². The van der Waals surface area contributed by atoms with Gasteiger partial charge >= 0.3 is 0 Å². The van der Waals surface area contributed by atoms with Crippen LogP contribution in [0.4, 0.5) is 5.69 Å². The number of benzene rings is 1. The summed E-state index contributed by atoms with van der Waals surface area (Å²) in [6, 6.07) is 7.68. The Labute approximate surface area is 118 Å². The summed E-state index contributed by atoms with van der Waals surface area (Å²) in [6.07, 6.45) is 2.49. The van der Waals surface area contributed by atoms with Crippen molar-refractivity contribution in [1.29, 1.82) is 0 Å². The monoisotopic (exact) mass is 279 g/mol. The molecule has 1 atom stereocenters. The highest BCUT2D eigenvalue weighted by molar-refractivity contribution is 8.00. The van der Waals surface area contributed by atoms with E-state index in [4.69, 9.17) is 10.5 Å². The van der Waals surface area contributed by atoms with Crippen LogP contribution in [-0.4, -0.2) is 30.1 Å². The zero-order chi connectivity index (χ0) is 13.7. The normalized spacial score (nSPS) is 23.4. The maximum Gasteiger partial charge on any atom is 0.193 e. The molecule has 1 aliphatic rings. The molecular weight excluding hydrogens is 258 g/mol. The predicted molar refractivity (Wildman–Crippen MR) is 83.2 cm³/mol. The smallest absolute Gasteiger partial charge is 0.193 e. The van der Waals surface area contributed by atoms with Crippen LogP contribution < -0.4 is 15.8 Å². The summed E-state index contributed by atoms with van der Waals surface area (Å²) in [5.74, 6) is 2.44. The topological polar surface area (TPSA) is 59.6 Å². The minimum absolute atomic E-state index is 0.243. The minimum atomic E-state index is 0.243. The zero-order valence-corrected chi connectivity index (χ0v) is 12.3. The number of nitrogens with zero attached hydrogens (tertiary/aromatic N) is 1. The van der Waals surface area contributed by atoms with Crippen molar-refractivity contribution in [2.24, 2.45) is 10.7 Å². The molecule has 3 N–H and O–H groups in total. The van der Waals surface area contributed by atoms with E-state index in [-0.39, 0.29) is 4.75 Å². The van der Waals surface area contributed by atoms with Gasteiger partial charge in [-0.15, -0.1) is 0 Å². The first-order valence-corrected chi connectivity index (χ1v) is 7.45. The van der Waals surface area contributed by atoms with E-state index in [2.05, 4.69) is 17.2 Å². The van der Waals surface area contributed by atoms with Crippen LogP contribution in [-0.2, 0) is 0 Å². The largest absolute Gasteiger partial charge is 0.495 e. The van der Waals surface area contributed by atoms with Crippen molar-refractivity contribution < 1.29 is 4.74 Å². The van der Waals surface area contributed by atoms with Gasteiger partial charge in [0.25, 0.3) is 0 Å². The Hall–Kier alpha value is -1.36. The molecule has 2 rings (SSSR count). The fourth-order valence-electron chi connectivity index (χ4n) is 2.14. The molecule has 0 amide bonds. The minimum Gasteiger partial charge on any atom is -0.495 e. The molecule has 0 saturated carbocycles. The number of hydrogen-bond donors (Lipinski definition) is 2. The Kier molecular flexibility index (Phi) is 4.58. The highest BCUT2D eigenvalue weighted by atomic mass is 32.2. The second kappa shape index (κ2) is 6.19. The molecule has 0 radical (unpaired) electrons. The van der Waals surface area contributed by atoms with Crippen LogP contribution in [0.15, 0.2) is 29.3 Å². The number of methoxy groups -OCH3 is 1. The first kappa shape index (κ1) is 14.1. The summed E-state index contributed by atoms with van der Waals surface area (Å²) in [5, 5.41) is 3.10. The average Bonchev–Trinajstić information content (AvgIpc) is 2.85. The molecule has 5 heteroatoms. The van der Waals surface area contributed by atoms with Crippen molar-refractivity contribution in [2.75, 3.05) is 24.7 Å². The lowest BCUT2D eigenvalue weighted by Crippen LogP contribution is -2.27. The number of nitrogens with two attached hydrogens (primary N) is 1. The summed E-state index contributed by atoms with van der Waals surface area (Å²) in [6.45, 7) is 3.01. The number of ether oxygens (including phenoxy) is 1. The van der Waals surface area contributed by atoms with Gasteiger partial charge in [-0.2, -0.15) is 11.8 Å². The standard InChI is InChI=1S/C14H21N3OS/c1-14(8-5-9-19-14)10-16-13(15)17-11-6-3-4-7-12(11)18-2/h3-4,6-7H,5,8-10H2,1-2H3,(H3,15,16,17). The average molecular weight is 279 g/mol. The number of rotatable bonds is 4. The molecule has 0 spiro atoms. The Morgan fingerprint density at radius 3 is 3.00 bits per heavy atom. The molecule has 1 heterocycles. The third kappa shape index (κ3) is 3.80. The second-order valence-electron chi connectivity index (χ2n) is 4.93. The Bertz CT molecular complexity index is 456. The number of anilines is 1. The summed E-state index contributed by atoms with van der Waals surface area (Å²) in [4.78, 5) is 4.46. The van der Waals surface area contributed by atoms with Gasteiger partial charge in [-0.3, -0.25) is 4.99 Å². The Balaban J connectivity index is 1.98. The molecule has 1 aromatic rings. The number of aliphatic imine (C=N–C) groups is 1. The SMILES string of the molecule is COc1ccccc1NC(N)=NCC1(C)CCCS1. The van der Waals surface area contributed by atoms with Gasteiger partial charge in [0, 0.05) is 4.75 Å². The van der Waals surface area contributed by atoms with Crippen LogP contribution in [0.3, 0.4) is 0 Å². The van der Waals surface area contributed by atoms with Gasteiger partial charge in [0.05, 0.1) is 19.3 Å². The molecule has 19 heavy (non-hydrogen) atoms. The highest BCUT2D eigenvalue weighted by Crippen LogP contribution is 2.37. The molecule has 0 bridgehead atoms. The molecule has 0 aliphatic carbocycles. The quantitative estimate of drug-likeness (QED) is 0.657. The molecule has 1 saturated heterocycles. The summed E-state index contributed by atoms with van der Waals surface area (Å²) in [7, 11) is 1.64. The molecular formula is C14H21N3OS. The van der Waals surface area contributed by atoms with Crippen molar-refractivity contribution in [3.05, 3.63) is 24.3 Å². The molecule has 1 unspecified atom stereocenters. The lowest BCUT2D eigenvalue weighted by Gasteiger charge is -2.20. The number of nitrogens with one attached hydrogen (secondary N) is 1. The summed E-state index contributed by atoms with van der Waals surface area (Å²) < 4.78 is 5.51. The van der Waals surface area contributed by atoms with E-state index >= 15 is 0 Å². The van der Waals surface area contributed by atoms with E-state index in [1.807, 2.05) is 36.0 Å². The van der Waals surface area contributed by atoms with Gasteiger partial charge in [-0.25, -0.2) is 0 Å². The van der Waals surface area contributed by atoms with Gasteiger partial charge in [0.15, 0.2) is 5.96 Å². The van der Waals surface area contributed by atoms with Crippen LogP contribution in [0.2, 0.25) is 0 Å². The number of para-hydroxylation sites is 2. The fourth-order valence-corrected chi connectivity index (χ4v) is 3.37. The van der Waals surface area contributed by atoms with Gasteiger partial charge < -0.3 is 15.8 Å². The van der Waals surface area contributed by atoms with Crippen LogP contribution in [0.5, 0.6) is 5.75 Å². The van der Waals surface area contributed by atoms with Crippen LogP contribution in [0.1, 0.15) is 19.8 Å². The van der Waals surface area contributed by atoms with E-state index in [1.165, 1.54) is 18.6 Å². The van der Waals surface area contributed by atoms with Gasteiger partial charge in [0.2, 0.25) is 0 Å². The first-order chi connectivity index (χ1) is 9.13. The van der Waals surface area contributed by atoms with Crippen molar-refractivity contribution in [3.8, 4) is 5.75 Å². The molecule has 1 aliphatic heterocycles. The Morgan fingerprint density at radius 1 is 1.53 bits per heavy atom. The summed E-state index contributed by atoms with van der Waals surface area (Å²) in [5.41, 5.74) is 6.78. The molecule has 1 aromatic carbocycles. The van der Waals surface area contributed by atoms with Crippen molar-refractivity contribution >= 4 is 23.4 Å². The second-order valence-corrected chi connectivity index (χ2v) is 6.61. The molecule has 4 nitrogen and oxygen atoms in total. The van der Waals surface area contributed by atoms with Gasteiger partial charge in [-0.1, -0.05) is 12.1 Å². The van der Waals surface area contributed by atoms with Crippen molar-refractivity contribution in [1.82, 2.24) is 0 Å². The third-order valence-electron chi connectivity index (χ3n) is 3.25. The number of thioether (sulfide) groups is 1. The molecule has 1 fully saturated rings. The van der Waals surface area contributed by atoms with Crippen LogP contribution >= 0.6 is 11.8 Å². The number of guanidine groups is 1. The lowest BCUT2D eigenvalue weighted by molar-refractivity contribution is 0.417.